The molecule has 8 heteroatoms. The Kier molecular flexibility index (Phi) is 6.07. The highest BCUT2D eigenvalue weighted by atomic mass is 16.5. The van der Waals surface area contributed by atoms with Gasteiger partial charge in [-0.3, -0.25) is 20.4 Å². The molecule has 1 aliphatic carbocycles. The number of hydrazine groups is 1. The van der Waals surface area contributed by atoms with E-state index in [1.807, 2.05) is 0 Å². The zero-order valence-electron chi connectivity index (χ0n) is 10.8. The average molecular weight is 273 g/mol. The molecule has 1 fully saturated rings. The van der Waals surface area contributed by atoms with E-state index in [1.165, 1.54) is 7.11 Å². The van der Waals surface area contributed by atoms with Crippen LogP contribution in [0.4, 0.5) is 4.79 Å². The van der Waals surface area contributed by atoms with Crippen LogP contribution in [0.15, 0.2) is 0 Å². The molecule has 0 unspecified atom stereocenters. The summed E-state index contributed by atoms with van der Waals surface area (Å²) < 4.78 is 4.61. The van der Waals surface area contributed by atoms with Gasteiger partial charge >= 0.3 is 6.09 Å². The number of ether oxygens (including phenoxy) is 1. The number of hydrogen-bond acceptors (Lipinski definition) is 4. The Bertz CT molecular complexity index is 339. The Morgan fingerprint density at radius 3 is 2.32 bits per heavy atom. The number of rotatable bonds is 4. The van der Waals surface area contributed by atoms with Crippen LogP contribution in [0, 0.1) is 5.92 Å². The molecule has 4 N–H and O–H groups in total. The number of methoxy groups -OCH3 is 1. The normalized spacial score (nSPS) is 22.4. The van der Waals surface area contributed by atoms with Gasteiger partial charge in [0.05, 0.1) is 0 Å². The Balaban J connectivity index is 2.25. The minimum Gasteiger partial charge on any atom is -0.465 e. The third kappa shape index (κ3) is 5.56. The summed E-state index contributed by atoms with van der Waals surface area (Å²) in [6.07, 6.45) is 1.39. The first kappa shape index (κ1) is 15.2. The summed E-state index contributed by atoms with van der Waals surface area (Å²) in [5.41, 5.74) is 4.59. The van der Waals surface area contributed by atoms with Gasteiger partial charge in [0, 0.05) is 19.1 Å². The van der Waals surface area contributed by atoms with Crippen molar-refractivity contribution in [3.63, 3.8) is 0 Å². The van der Waals surface area contributed by atoms with Crippen molar-refractivity contribution in [2.75, 3.05) is 13.7 Å². The predicted molar refractivity (Wildman–Crippen MR) is 65.1 cm³/mol. The molecule has 0 heterocycles. The number of nitrogens with one attached hydrogen (secondary N) is 3. The molecule has 0 aromatic rings. The zero-order chi connectivity index (χ0) is 14.3. The van der Waals surface area contributed by atoms with E-state index in [4.69, 9.17) is 5.11 Å². The second kappa shape index (κ2) is 7.57. The van der Waals surface area contributed by atoms with Gasteiger partial charge in [0.1, 0.15) is 6.61 Å². The highest BCUT2D eigenvalue weighted by molar-refractivity contribution is 5.83. The molecule has 0 radical (unpaired) electrons. The Labute approximate surface area is 110 Å². The van der Waals surface area contributed by atoms with E-state index in [9.17, 15) is 14.4 Å². The van der Waals surface area contributed by atoms with Gasteiger partial charge < -0.3 is 15.2 Å². The summed E-state index contributed by atoms with van der Waals surface area (Å²) >= 11 is 0. The summed E-state index contributed by atoms with van der Waals surface area (Å²) in [7, 11) is 1.39. The minimum atomic E-state index is -1.04. The second-order valence-electron chi connectivity index (χ2n) is 4.47. The van der Waals surface area contributed by atoms with Crippen molar-refractivity contribution in [2.45, 2.75) is 31.7 Å². The number of carboxylic acid groups (broad SMARTS) is 1. The third-order valence-corrected chi connectivity index (χ3v) is 3.03. The van der Waals surface area contributed by atoms with Gasteiger partial charge in [-0.1, -0.05) is 0 Å². The van der Waals surface area contributed by atoms with Gasteiger partial charge in [-0.2, -0.15) is 0 Å². The van der Waals surface area contributed by atoms with Crippen molar-refractivity contribution in [1.82, 2.24) is 16.2 Å². The molecule has 0 spiro atoms. The maximum Gasteiger partial charge on any atom is 0.404 e. The first-order valence-corrected chi connectivity index (χ1v) is 6.10. The van der Waals surface area contributed by atoms with Crippen LogP contribution in [0.3, 0.4) is 0 Å². The smallest absolute Gasteiger partial charge is 0.404 e. The second-order valence-corrected chi connectivity index (χ2v) is 4.47. The van der Waals surface area contributed by atoms with Crippen molar-refractivity contribution in [3.05, 3.63) is 0 Å². The van der Waals surface area contributed by atoms with Crippen molar-refractivity contribution in [2.24, 2.45) is 5.92 Å². The van der Waals surface area contributed by atoms with E-state index in [-0.39, 0.29) is 24.5 Å². The SMILES string of the molecule is COCC(=O)NNC(=O)[C@H]1CC[C@H](NC(=O)O)CC1. The number of carbonyl (C=O) groups is 3. The fourth-order valence-corrected chi connectivity index (χ4v) is 2.08. The lowest BCUT2D eigenvalue weighted by molar-refractivity contribution is -0.133. The highest BCUT2D eigenvalue weighted by Gasteiger charge is 2.27. The Hall–Kier alpha value is -1.83. The lowest BCUT2D eigenvalue weighted by Crippen LogP contribution is -2.47. The van der Waals surface area contributed by atoms with Crippen LogP contribution in [0.1, 0.15) is 25.7 Å². The van der Waals surface area contributed by atoms with E-state index >= 15 is 0 Å². The molecule has 0 saturated heterocycles. The summed E-state index contributed by atoms with van der Waals surface area (Å²) in [4.78, 5) is 33.3. The van der Waals surface area contributed by atoms with Gasteiger partial charge in [-0.15, -0.1) is 0 Å². The van der Waals surface area contributed by atoms with E-state index in [1.54, 1.807) is 0 Å². The summed E-state index contributed by atoms with van der Waals surface area (Å²) in [5, 5.41) is 11.0. The topological polar surface area (TPSA) is 117 Å². The lowest BCUT2D eigenvalue weighted by atomic mass is 9.85. The van der Waals surface area contributed by atoms with Crippen molar-refractivity contribution < 1.29 is 24.2 Å². The van der Waals surface area contributed by atoms with Gasteiger partial charge in [0.2, 0.25) is 5.91 Å². The molecule has 108 valence electrons. The Morgan fingerprint density at radius 1 is 1.16 bits per heavy atom. The van der Waals surface area contributed by atoms with Crippen LogP contribution in [0.25, 0.3) is 0 Å². The monoisotopic (exact) mass is 273 g/mol. The largest absolute Gasteiger partial charge is 0.465 e. The number of hydrogen-bond donors (Lipinski definition) is 4. The maximum absolute atomic E-state index is 11.7. The van der Waals surface area contributed by atoms with Crippen LogP contribution in [-0.4, -0.2) is 42.8 Å². The molecule has 1 saturated carbocycles. The molecule has 0 atom stereocenters. The fraction of sp³-hybridized carbons (Fsp3) is 0.727. The molecular formula is C11H19N3O5. The molecule has 1 aliphatic rings. The van der Waals surface area contributed by atoms with Gasteiger partial charge in [0.25, 0.3) is 5.91 Å². The van der Waals surface area contributed by atoms with Crippen LogP contribution in [0.5, 0.6) is 0 Å². The van der Waals surface area contributed by atoms with Crippen LogP contribution in [-0.2, 0) is 14.3 Å². The van der Waals surface area contributed by atoms with Crippen LogP contribution in [0.2, 0.25) is 0 Å². The van der Waals surface area contributed by atoms with E-state index in [0.717, 1.165) is 0 Å². The van der Waals surface area contributed by atoms with Crippen LogP contribution < -0.4 is 16.2 Å². The van der Waals surface area contributed by atoms with E-state index in [0.29, 0.717) is 25.7 Å². The minimum absolute atomic E-state index is 0.0929. The summed E-state index contributed by atoms with van der Waals surface area (Å²) in [6.45, 7) is -0.116. The van der Waals surface area contributed by atoms with Gasteiger partial charge in [-0.05, 0) is 25.7 Å². The zero-order valence-corrected chi connectivity index (χ0v) is 10.8. The third-order valence-electron chi connectivity index (χ3n) is 3.03. The molecule has 0 aliphatic heterocycles. The van der Waals surface area contributed by atoms with Crippen molar-refractivity contribution >= 4 is 17.9 Å². The molecule has 19 heavy (non-hydrogen) atoms. The van der Waals surface area contributed by atoms with E-state index < -0.39 is 12.0 Å². The van der Waals surface area contributed by atoms with Crippen molar-refractivity contribution in [1.29, 1.82) is 0 Å². The van der Waals surface area contributed by atoms with Crippen LogP contribution >= 0.6 is 0 Å². The van der Waals surface area contributed by atoms with Gasteiger partial charge in [-0.25, -0.2) is 4.79 Å². The highest BCUT2D eigenvalue weighted by Crippen LogP contribution is 2.24. The standard InChI is InChI=1S/C11H19N3O5/c1-19-6-9(15)13-14-10(16)7-2-4-8(5-3-7)12-11(17)18/h7-8,12H,2-6H2,1H3,(H,13,15)(H,14,16)(H,17,18)/t7-,8-. The molecule has 8 nitrogen and oxygen atoms in total. The molecule has 3 amide bonds. The molecule has 0 aromatic heterocycles. The first-order valence-electron chi connectivity index (χ1n) is 6.10. The lowest BCUT2D eigenvalue weighted by Gasteiger charge is -2.27. The van der Waals surface area contributed by atoms with Crippen molar-refractivity contribution in [3.8, 4) is 0 Å². The molecule has 0 bridgehead atoms. The summed E-state index contributed by atoms with van der Waals surface area (Å²) in [5.74, 6) is -0.870. The quantitative estimate of drug-likeness (QED) is 0.520. The Morgan fingerprint density at radius 2 is 1.79 bits per heavy atom. The predicted octanol–water partition coefficient (Wildman–Crippen LogP) is -0.393. The maximum atomic E-state index is 11.7. The summed E-state index contributed by atoms with van der Waals surface area (Å²) in [6, 6.07) is -0.0929. The van der Waals surface area contributed by atoms with E-state index in [2.05, 4.69) is 20.9 Å². The first-order chi connectivity index (χ1) is 9.02. The molecule has 1 rings (SSSR count). The number of carbonyl (C=O) groups excluding carboxylic acids is 2. The average Bonchev–Trinajstić information content (AvgIpc) is 2.36. The molecule has 0 aromatic carbocycles. The fourth-order valence-electron chi connectivity index (χ4n) is 2.08. The number of amides is 3. The molecular weight excluding hydrogens is 254 g/mol. The van der Waals surface area contributed by atoms with Gasteiger partial charge in [0.15, 0.2) is 0 Å².